The number of rotatable bonds is 4. The summed E-state index contributed by atoms with van der Waals surface area (Å²) in [7, 11) is 0. The van der Waals surface area contributed by atoms with Gasteiger partial charge < -0.3 is 0 Å². The lowest BCUT2D eigenvalue weighted by Crippen LogP contribution is -1.96. The molecule has 0 saturated heterocycles. The summed E-state index contributed by atoms with van der Waals surface area (Å²) in [4.78, 5) is 18.8. The highest BCUT2D eigenvalue weighted by Gasteiger charge is 2.20. The van der Waals surface area contributed by atoms with Crippen molar-refractivity contribution in [2.24, 2.45) is 0 Å². The Kier molecular flexibility index (Phi) is 6.45. The number of aromatic nitrogens is 4. The molecule has 0 unspecified atom stereocenters. The number of hydrogen-bond acceptors (Lipinski definition) is 6. The van der Waals surface area contributed by atoms with E-state index in [1.54, 1.807) is 24.8 Å². The van der Waals surface area contributed by atoms with E-state index in [0.717, 1.165) is 77.3 Å². The second-order valence-corrected chi connectivity index (χ2v) is 11.0. The van der Waals surface area contributed by atoms with Crippen LogP contribution in [0.4, 0.5) is 0 Å². The number of benzene rings is 4. The van der Waals surface area contributed by atoms with Crippen LogP contribution in [-0.2, 0) is 0 Å². The number of nitrogens with zero attached hydrogens (tertiary/aromatic N) is 6. The number of pyridine rings is 4. The fraction of sp³-hybridized carbons (Fsp3) is 0. The van der Waals surface area contributed by atoms with E-state index in [4.69, 9.17) is 9.97 Å². The van der Waals surface area contributed by atoms with E-state index in [1.165, 1.54) is 0 Å². The topological polar surface area (TPSA) is 99.1 Å². The molecule has 0 aliphatic carbocycles. The third-order valence-corrected chi connectivity index (χ3v) is 8.23. The van der Waals surface area contributed by atoms with Gasteiger partial charge in [-0.05, 0) is 80.8 Å². The second-order valence-electron chi connectivity index (χ2n) is 11.0. The minimum Gasteiger partial charge on any atom is -0.263 e. The molecule has 0 N–H and O–H groups in total. The van der Waals surface area contributed by atoms with Crippen LogP contribution in [0.25, 0.3) is 77.3 Å². The quantitative estimate of drug-likeness (QED) is 0.191. The van der Waals surface area contributed by atoms with Gasteiger partial charge in [0.25, 0.3) is 0 Å². The standard InChI is InChI=1S/C40H22N6/c41-19-25-15-29(23-43-21-25)35-11-5-13-37(45-35)39-31-9-3-4-10-32(31)40(34-18-28-8-2-1-7-27(28)17-33(34)39)38-14-6-12-36(46-38)30-16-26(20-42)22-44-24-30/h1-18,21-24H. The Morgan fingerprint density at radius 1 is 0.413 bits per heavy atom. The first-order valence-corrected chi connectivity index (χ1v) is 14.7. The van der Waals surface area contributed by atoms with E-state index in [9.17, 15) is 10.5 Å². The lowest BCUT2D eigenvalue weighted by atomic mass is 9.87. The van der Waals surface area contributed by atoms with Crippen molar-refractivity contribution in [2.45, 2.75) is 0 Å². The van der Waals surface area contributed by atoms with E-state index in [-0.39, 0.29) is 0 Å². The maximum Gasteiger partial charge on any atom is 0.101 e. The van der Waals surface area contributed by atoms with Crippen LogP contribution in [0.5, 0.6) is 0 Å². The van der Waals surface area contributed by atoms with Gasteiger partial charge in [-0.15, -0.1) is 0 Å². The zero-order valence-corrected chi connectivity index (χ0v) is 24.4. The Balaban J connectivity index is 1.44. The van der Waals surface area contributed by atoms with E-state index >= 15 is 0 Å². The van der Waals surface area contributed by atoms with Crippen molar-refractivity contribution in [2.75, 3.05) is 0 Å². The number of hydrogen-bond donors (Lipinski definition) is 0. The molecule has 4 aromatic carbocycles. The van der Waals surface area contributed by atoms with Gasteiger partial charge in [0.05, 0.1) is 33.9 Å². The van der Waals surface area contributed by atoms with Crippen molar-refractivity contribution in [3.8, 4) is 57.2 Å². The molecule has 0 bridgehead atoms. The Hall–Kier alpha value is -6.76. The van der Waals surface area contributed by atoms with Crippen LogP contribution in [0.15, 0.2) is 134 Å². The first-order valence-electron chi connectivity index (χ1n) is 14.7. The molecule has 0 radical (unpaired) electrons. The summed E-state index contributed by atoms with van der Waals surface area (Å²) in [6, 6.07) is 41.2. The van der Waals surface area contributed by atoms with Crippen molar-refractivity contribution >= 4 is 32.3 Å². The molecule has 0 amide bonds. The van der Waals surface area contributed by atoms with Gasteiger partial charge in [-0.3, -0.25) is 9.97 Å². The summed E-state index contributed by atoms with van der Waals surface area (Å²) >= 11 is 0. The Morgan fingerprint density at radius 3 is 1.30 bits per heavy atom. The SMILES string of the molecule is N#Cc1cncc(-c2cccc(-c3c4ccccc4c(-c4cccc(-c5cncc(C#N)c5)n4)c4cc5ccccc5cc34)n2)c1. The largest absolute Gasteiger partial charge is 0.263 e. The first-order chi connectivity index (χ1) is 22.7. The van der Waals surface area contributed by atoms with Crippen LogP contribution >= 0.6 is 0 Å². The fourth-order valence-corrected chi connectivity index (χ4v) is 6.17. The van der Waals surface area contributed by atoms with E-state index in [1.807, 2.05) is 48.5 Å². The van der Waals surface area contributed by atoms with Crippen molar-refractivity contribution in [1.82, 2.24) is 19.9 Å². The third kappa shape index (κ3) is 4.59. The lowest BCUT2D eigenvalue weighted by Gasteiger charge is -2.18. The molecule has 8 rings (SSSR count). The highest BCUT2D eigenvalue weighted by molar-refractivity contribution is 6.23. The Labute approximate surface area is 264 Å². The minimum absolute atomic E-state index is 0.487. The molecule has 8 aromatic rings. The van der Waals surface area contributed by atoms with E-state index < -0.39 is 0 Å². The monoisotopic (exact) mass is 586 g/mol. The van der Waals surface area contributed by atoms with Crippen LogP contribution in [0.2, 0.25) is 0 Å². The van der Waals surface area contributed by atoms with Crippen molar-refractivity contribution < 1.29 is 0 Å². The maximum absolute atomic E-state index is 9.46. The molecule has 4 heterocycles. The van der Waals surface area contributed by atoms with Gasteiger partial charge in [0.1, 0.15) is 12.1 Å². The maximum atomic E-state index is 9.46. The Morgan fingerprint density at radius 2 is 0.848 bits per heavy atom. The van der Waals surface area contributed by atoms with Crippen LogP contribution < -0.4 is 0 Å². The van der Waals surface area contributed by atoms with Crippen LogP contribution in [0, 0.1) is 22.7 Å². The molecule has 46 heavy (non-hydrogen) atoms. The predicted octanol–water partition coefficient (Wildman–Crippen LogP) is 9.14. The molecule has 0 fully saturated rings. The summed E-state index contributed by atoms with van der Waals surface area (Å²) in [5.41, 5.74) is 7.72. The molecule has 0 spiro atoms. The highest BCUT2D eigenvalue weighted by atomic mass is 14.7. The van der Waals surface area contributed by atoms with E-state index in [0.29, 0.717) is 11.1 Å². The number of fused-ring (bicyclic) bond motifs is 3. The smallest absolute Gasteiger partial charge is 0.101 e. The van der Waals surface area contributed by atoms with Gasteiger partial charge in [-0.2, -0.15) is 10.5 Å². The van der Waals surface area contributed by atoms with Gasteiger partial charge in [0.15, 0.2) is 0 Å². The highest BCUT2D eigenvalue weighted by Crippen LogP contribution is 2.44. The van der Waals surface area contributed by atoms with Gasteiger partial charge in [-0.1, -0.05) is 60.7 Å². The van der Waals surface area contributed by atoms with Crippen molar-refractivity contribution in [3.05, 3.63) is 145 Å². The Bertz CT molecular complexity index is 2400. The summed E-state index contributed by atoms with van der Waals surface area (Å²) in [6.07, 6.45) is 6.58. The molecule has 6 nitrogen and oxygen atoms in total. The summed E-state index contributed by atoms with van der Waals surface area (Å²) in [5, 5.41) is 25.4. The summed E-state index contributed by atoms with van der Waals surface area (Å²) in [5.74, 6) is 0. The minimum atomic E-state index is 0.487. The average molecular weight is 587 g/mol. The molecular weight excluding hydrogens is 564 g/mol. The van der Waals surface area contributed by atoms with Gasteiger partial charge in [-0.25, -0.2) is 9.97 Å². The lowest BCUT2D eigenvalue weighted by molar-refractivity contribution is 1.27. The molecule has 4 aromatic heterocycles. The van der Waals surface area contributed by atoms with Crippen LogP contribution in [0.1, 0.15) is 11.1 Å². The molecule has 0 atom stereocenters. The zero-order chi connectivity index (χ0) is 31.0. The molecular formula is C40H22N6. The van der Waals surface area contributed by atoms with Gasteiger partial charge >= 0.3 is 0 Å². The third-order valence-electron chi connectivity index (χ3n) is 8.23. The molecule has 212 valence electrons. The molecule has 0 aliphatic rings. The predicted molar refractivity (Wildman–Crippen MR) is 181 cm³/mol. The fourth-order valence-electron chi connectivity index (χ4n) is 6.17. The van der Waals surface area contributed by atoms with Crippen LogP contribution in [0.3, 0.4) is 0 Å². The molecule has 0 aliphatic heterocycles. The normalized spacial score (nSPS) is 11.0. The van der Waals surface area contributed by atoms with Crippen molar-refractivity contribution in [1.29, 1.82) is 10.5 Å². The van der Waals surface area contributed by atoms with Crippen LogP contribution in [-0.4, -0.2) is 19.9 Å². The van der Waals surface area contributed by atoms with Crippen molar-refractivity contribution in [3.63, 3.8) is 0 Å². The van der Waals surface area contributed by atoms with Gasteiger partial charge in [0.2, 0.25) is 0 Å². The van der Waals surface area contributed by atoms with E-state index in [2.05, 4.69) is 82.8 Å². The summed E-state index contributed by atoms with van der Waals surface area (Å²) < 4.78 is 0. The summed E-state index contributed by atoms with van der Waals surface area (Å²) in [6.45, 7) is 0. The molecule has 6 heteroatoms. The molecule has 0 saturated carbocycles. The average Bonchev–Trinajstić information content (AvgIpc) is 3.13. The van der Waals surface area contributed by atoms with Gasteiger partial charge in [0, 0.05) is 47.0 Å². The zero-order valence-electron chi connectivity index (χ0n) is 24.4. The second kappa shape index (κ2) is 11.1. The number of nitriles is 2. The first kappa shape index (κ1) is 26.8.